The molecule has 80 valence electrons. The van der Waals surface area contributed by atoms with E-state index >= 15 is 0 Å². The molecule has 0 N–H and O–H groups in total. The SMILES string of the molecule is CC(SCCS)n1ccc2ccccc21. The predicted octanol–water partition coefficient (Wildman–Crippen LogP) is 3.82. The highest BCUT2D eigenvalue weighted by molar-refractivity contribution is 8.00. The average Bonchev–Trinajstić information content (AvgIpc) is 2.69. The maximum atomic E-state index is 4.24. The molecule has 1 aromatic heterocycles. The van der Waals surface area contributed by atoms with Crippen LogP contribution in [0.3, 0.4) is 0 Å². The minimum absolute atomic E-state index is 0.483. The molecule has 0 radical (unpaired) electrons. The van der Waals surface area contributed by atoms with Crippen LogP contribution in [-0.4, -0.2) is 16.1 Å². The number of hydrogen-bond acceptors (Lipinski definition) is 2. The maximum absolute atomic E-state index is 4.24. The van der Waals surface area contributed by atoms with Crippen molar-refractivity contribution in [3.05, 3.63) is 36.5 Å². The molecule has 0 saturated carbocycles. The normalized spacial score (nSPS) is 13.2. The van der Waals surface area contributed by atoms with Gasteiger partial charge in [0.25, 0.3) is 0 Å². The first-order chi connectivity index (χ1) is 7.33. The van der Waals surface area contributed by atoms with Gasteiger partial charge in [0.2, 0.25) is 0 Å². The highest BCUT2D eigenvalue weighted by Gasteiger charge is 2.07. The molecule has 0 aliphatic rings. The molecular weight excluding hydrogens is 222 g/mol. The number of thiol groups is 1. The van der Waals surface area contributed by atoms with Gasteiger partial charge in [-0.2, -0.15) is 12.6 Å². The lowest BCUT2D eigenvalue weighted by Gasteiger charge is -2.14. The van der Waals surface area contributed by atoms with E-state index in [0.717, 1.165) is 11.5 Å². The van der Waals surface area contributed by atoms with Gasteiger partial charge in [-0.15, -0.1) is 11.8 Å². The molecule has 2 aromatic rings. The summed E-state index contributed by atoms with van der Waals surface area (Å²) in [6.45, 7) is 2.24. The van der Waals surface area contributed by atoms with E-state index in [-0.39, 0.29) is 0 Å². The Morgan fingerprint density at radius 1 is 1.33 bits per heavy atom. The summed E-state index contributed by atoms with van der Waals surface area (Å²) in [4.78, 5) is 0. The average molecular weight is 237 g/mol. The van der Waals surface area contributed by atoms with Gasteiger partial charge in [-0.1, -0.05) is 18.2 Å². The number of para-hydroxylation sites is 1. The fourth-order valence-electron chi connectivity index (χ4n) is 1.73. The molecule has 0 aliphatic heterocycles. The molecule has 0 spiro atoms. The van der Waals surface area contributed by atoms with Crippen molar-refractivity contribution in [1.82, 2.24) is 4.57 Å². The second-order valence-electron chi connectivity index (χ2n) is 3.48. The number of aromatic nitrogens is 1. The van der Waals surface area contributed by atoms with Gasteiger partial charge in [-0.25, -0.2) is 0 Å². The summed E-state index contributed by atoms with van der Waals surface area (Å²) in [6, 6.07) is 10.7. The molecule has 1 aromatic carbocycles. The third kappa shape index (κ3) is 2.34. The standard InChI is InChI=1S/C12H15NS2/c1-10(15-9-8-14)13-7-6-11-4-2-3-5-12(11)13/h2-7,10,14H,8-9H2,1H3. The largest absolute Gasteiger partial charge is 0.335 e. The molecule has 3 heteroatoms. The number of fused-ring (bicyclic) bond motifs is 1. The van der Waals surface area contributed by atoms with Crippen molar-refractivity contribution in [3.63, 3.8) is 0 Å². The van der Waals surface area contributed by atoms with Crippen LogP contribution < -0.4 is 0 Å². The Hall–Kier alpha value is -0.540. The zero-order chi connectivity index (χ0) is 10.7. The Morgan fingerprint density at radius 2 is 2.13 bits per heavy atom. The Balaban J connectivity index is 2.27. The van der Waals surface area contributed by atoms with Gasteiger partial charge in [0, 0.05) is 17.5 Å². The van der Waals surface area contributed by atoms with Crippen LogP contribution in [0.25, 0.3) is 10.9 Å². The molecule has 0 amide bonds. The zero-order valence-electron chi connectivity index (χ0n) is 8.76. The van der Waals surface area contributed by atoms with Crippen molar-refractivity contribution in [2.45, 2.75) is 12.3 Å². The van der Waals surface area contributed by atoms with Crippen LogP contribution in [0.2, 0.25) is 0 Å². The summed E-state index contributed by atoms with van der Waals surface area (Å²) in [5.41, 5.74) is 1.32. The number of rotatable bonds is 4. The maximum Gasteiger partial charge on any atom is 0.0766 e. The first-order valence-corrected chi connectivity index (χ1v) is 6.79. The second-order valence-corrected chi connectivity index (χ2v) is 5.35. The van der Waals surface area contributed by atoms with Gasteiger partial charge >= 0.3 is 0 Å². The van der Waals surface area contributed by atoms with Gasteiger partial charge in [0.15, 0.2) is 0 Å². The smallest absolute Gasteiger partial charge is 0.0766 e. The first-order valence-electron chi connectivity index (χ1n) is 5.11. The zero-order valence-corrected chi connectivity index (χ0v) is 10.5. The fraction of sp³-hybridized carbons (Fsp3) is 0.333. The summed E-state index contributed by atoms with van der Waals surface area (Å²) in [7, 11) is 0. The first kappa shape index (κ1) is 11.0. The third-order valence-corrected chi connectivity index (χ3v) is 4.15. The lowest BCUT2D eigenvalue weighted by Crippen LogP contribution is -2.00. The van der Waals surface area contributed by atoms with Gasteiger partial charge in [-0.05, 0) is 30.2 Å². The van der Waals surface area contributed by atoms with Gasteiger partial charge in [-0.3, -0.25) is 0 Å². The molecule has 0 saturated heterocycles. The van der Waals surface area contributed by atoms with Crippen molar-refractivity contribution in [2.75, 3.05) is 11.5 Å². The van der Waals surface area contributed by atoms with Crippen LogP contribution in [-0.2, 0) is 0 Å². The summed E-state index contributed by atoms with van der Waals surface area (Å²) >= 11 is 6.17. The molecular formula is C12H15NS2. The number of thioether (sulfide) groups is 1. The van der Waals surface area contributed by atoms with Crippen LogP contribution in [0.4, 0.5) is 0 Å². The third-order valence-electron chi connectivity index (χ3n) is 2.47. The lowest BCUT2D eigenvalue weighted by atomic mass is 10.2. The summed E-state index contributed by atoms with van der Waals surface area (Å²) in [5, 5.41) is 1.80. The van der Waals surface area contributed by atoms with Crippen molar-refractivity contribution in [3.8, 4) is 0 Å². The minimum Gasteiger partial charge on any atom is -0.335 e. The van der Waals surface area contributed by atoms with Crippen molar-refractivity contribution >= 4 is 35.3 Å². The van der Waals surface area contributed by atoms with Gasteiger partial charge in [0.05, 0.1) is 5.37 Å². The lowest BCUT2D eigenvalue weighted by molar-refractivity contribution is 0.773. The van der Waals surface area contributed by atoms with Crippen LogP contribution >= 0.6 is 24.4 Å². The molecule has 0 fully saturated rings. The van der Waals surface area contributed by atoms with E-state index in [9.17, 15) is 0 Å². The highest BCUT2D eigenvalue weighted by Crippen LogP contribution is 2.27. The van der Waals surface area contributed by atoms with E-state index in [2.05, 4.69) is 60.6 Å². The van der Waals surface area contributed by atoms with E-state index < -0.39 is 0 Å². The quantitative estimate of drug-likeness (QED) is 0.792. The van der Waals surface area contributed by atoms with Crippen molar-refractivity contribution in [1.29, 1.82) is 0 Å². The van der Waals surface area contributed by atoms with E-state index in [0.29, 0.717) is 5.37 Å². The molecule has 1 atom stereocenters. The predicted molar refractivity (Wildman–Crippen MR) is 73.0 cm³/mol. The van der Waals surface area contributed by atoms with Crippen LogP contribution in [0.5, 0.6) is 0 Å². The summed E-state index contributed by atoms with van der Waals surface area (Å²) in [6.07, 6.45) is 2.17. The molecule has 15 heavy (non-hydrogen) atoms. The fourth-order valence-corrected chi connectivity index (χ4v) is 2.83. The van der Waals surface area contributed by atoms with E-state index in [4.69, 9.17) is 0 Å². The molecule has 1 heterocycles. The van der Waals surface area contributed by atoms with E-state index in [1.165, 1.54) is 10.9 Å². The monoisotopic (exact) mass is 237 g/mol. The van der Waals surface area contributed by atoms with Crippen LogP contribution in [0.1, 0.15) is 12.3 Å². The van der Waals surface area contributed by atoms with Crippen LogP contribution in [0.15, 0.2) is 36.5 Å². The van der Waals surface area contributed by atoms with E-state index in [1.807, 2.05) is 11.8 Å². The Bertz CT molecular complexity index is 436. The summed E-state index contributed by atoms with van der Waals surface area (Å²) in [5.74, 6) is 2.03. The summed E-state index contributed by atoms with van der Waals surface area (Å²) < 4.78 is 2.32. The second kappa shape index (κ2) is 4.99. The number of benzene rings is 1. The van der Waals surface area contributed by atoms with Gasteiger partial charge in [0.1, 0.15) is 0 Å². The Labute approximate surface area is 100 Å². The van der Waals surface area contributed by atoms with E-state index in [1.54, 1.807) is 0 Å². The number of nitrogens with zero attached hydrogens (tertiary/aromatic N) is 1. The molecule has 0 bridgehead atoms. The van der Waals surface area contributed by atoms with Crippen LogP contribution in [0, 0.1) is 0 Å². The molecule has 1 nitrogen and oxygen atoms in total. The minimum atomic E-state index is 0.483. The topological polar surface area (TPSA) is 4.93 Å². The highest BCUT2D eigenvalue weighted by atomic mass is 32.2. The number of hydrogen-bond donors (Lipinski definition) is 1. The van der Waals surface area contributed by atoms with Gasteiger partial charge < -0.3 is 4.57 Å². The Morgan fingerprint density at radius 3 is 2.93 bits per heavy atom. The van der Waals surface area contributed by atoms with Crippen molar-refractivity contribution in [2.24, 2.45) is 0 Å². The molecule has 2 rings (SSSR count). The Kier molecular flexibility index (Phi) is 3.65. The molecule has 0 aliphatic carbocycles. The molecule has 1 unspecified atom stereocenters. The van der Waals surface area contributed by atoms with Crippen molar-refractivity contribution < 1.29 is 0 Å².